The van der Waals surface area contributed by atoms with Gasteiger partial charge in [0.15, 0.2) is 0 Å². The van der Waals surface area contributed by atoms with Crippen molar-refractivity contribution in [3.8, 4) is 0 Å². The molecule has 0 atom stereocenters. The second kappa shape index (κ2) is 6.87. The molecule has 1 amide bonds. The van der Waals surface area contributed by atoms with Crippen molar-refractivity contribution >= 4 is 17.5 Å². The summed E-state index contributed by atoms with van der Waals surface area (Å²) in [5.41, 5.74) is 10.4. The molecule has 5 heteroatoms. The molecule has 0 radical (unpaired) electrons. The second-order valence-corrected chi connectivity index (χ2v) is 8.93. The Labute approximate surface area is 161 Å². The third-order valence-electron chi connectivity index (χ3n) is 4.77. The van der Waals surface area contributed by atoms with Crippen LogP contribution in [-0.2, 0) is 23.0 Å². The van der Waals surface area contributed by atoms with Crippen molar-refractivity contribution < 1.29 is 9.53 Å². The molecule has 0 saturated heterocycles. The summed E-state index contributed by atoms with van der Waals surface area (Å²) in [6.07, 6.45) is 5.02. The van der Waals surface area contributed by atoms with Gasteiger partial charge in [-0.25, -0.2) is 4.79 Å². The number of benzene rings is 1. The molecule has 5 nitrogen and oxygen atoms in total. The fourth-order valence-electron chi connectivity index (χ4n) is 3.49. The quantitative estimate of drug-likeness (QED) is 0.868. The average molecular weight is 367 g/mol. The van der Waals surface area contributed by atoms with Gasteiger partial charge in [0.1, 0.15) is 5.60 Å². The van der Waals surface area contributed by atoms with E-state index in [1.807, 2.05) is 39.1 Å². The summed E-state index contributed by atoms with van der Waals surface area (Å²) < 4.78 is 5.59. The molecule has 0 spiro atoms. The molecule has 2 heterocycles. The van der Waals surface area contributed by atoms with Crippen LogP contribution in [0.25, 0.3) is 0 Å². The number of nitrogen functional groups attached to an aromatic ring is 1. The van der Waals surface area contributed by atoms with Crippen LogP contribution >= 0.6 is 0 Å². The first kappa shape index (κ1) is 19.2. The highest BCUT2D eigenvalue weighted by molar-refractivity contribution is 5.91. The first-order chi connectivity index (χ1) is 12.5. The van der Waals surface area contributed by atoms with E-state index in [4.69, 9.17) is 10.5 Å². The van der Waals surface area contributed by atoms with E-state index in [9.17, 15) is 4.79 Å². The van der Waals surface area contributed by atoms with E-state index in [2.05, 4.69) is 31.0 Å². The lowest BCUT2D eigenvalue weighted by atomic mass is 9.85. The van der Waals surface area contributed by atoms with Crippen molar-refractivity contribution in [3.63, 3.8) is 0 Å². The van der Waals surface area contributed by atoms with Crippen molar-refractivity contribution in [1.29, 1.82) is 0 Å². The van der Waals surface area contributed by atoms with Crippen LogP contribution in [0, 0.1) is 0 Å². The number of aromatic nitrogens is 1. The number of rotatable bonds is 3. The van der Waals surface area contributed by atoms with Crippen LogP contribution < -0.4 is 10.6 Å². The lowest BCUT2D eigenvalue weighted by Gasteiger charge is -2.25. The predicted molar refractivity (Wildman–Crippen MR) is 109 cm³/mol. The molecule has 1 aromatic heterocycles. The van der Waals surface area contributed by atoms with Crippen LogP contribution in [0.15, 0.2) is 36.7 Å². The van der Waals surface area contributed by atoms with Crippen LogP contribution in [0.5, 0.6) is 0 Å². The zero-order chi connectivity index (χ0) is 19.8. The summed E-state index contributed by atoms with van der Waals surface area (Å²) in [6.45, 7) is 10.6. The highest BCUT2D eigenvalue weighted by Gasteiger charge is 2.39. The predicted octanol–water partition coefficient (Wildman–Crippen LogP) is 4.48. The number of hydrogen-bond donors (Lipinski definition) is 1. The van der Waals surface area contributed by atoms with Crippen LogP contribution in [0.4, 0.5) is 16.2 Å². The van der Waals surface area contributed by atoms with E-state index in [1.165, 1.54) is 11.1 Å². The molecule has 1 aliphatic rings. The number of carbonyl (C=O) groups excluding carboxylic acids is 1. The molecule has 2 aromatic rings. The van der Waals surface area contributed by atoms with E-state index in [-0.39, 0.29) is 11.5 Å². The van der Waals surface area contributed by atoms with Crippen molar-refractivity contribution in [3.05, 3.63) is 53.3 Å². The Morgan fingerprint density at radius 2 is 1.89 bits per heavy atom. The van der Waals surface area contributed by atoms with Crippen molar-refractivity contribution in [2.45, 2.75) is 58.5 Å². The van der Waals surface area contributed by atoms with Gasteiger partial charge in [-0.2, -0.15) is 0 Å². The van der Waals surface area contributed by atoms with Gasteiger partial charge in [0.25, 0.3) is 0 Å². The summed E-state index contributed by atoms with van der Waals surface area (Å²) in [5, 5.41) is 0. The minimum Gasteiger partial charge on any atom is -0.443 e. The number of carbonyl (C=O) groups is 1. The third-order valence-corrected chi connectivity index (χ3v) is 4.77. The molecule has 1 aromatic carbocycles. The molecule has 144 valence electrons. The number of nitrogens with zero attached hydrogens (tertiary/aromatic N) is 2. The van der Waals surface area contributed by atoms with Gasteiger partial charge >= 0.3 is 6.09 Å². The number of hydrogen-bond acceptors (Lipinski definition) is 4. The number of pyridine rings is 1. The van der Waals surface area contributed by atoms with Gasteiger partial charge in [0.05, 0.1) is 11.4 Å². The Bertz CT molecular complexity index is 853. The summed E-state index contributed by atoms with van der Waals surface area (Å²) >= 11 is 0. The number of amides is 1. The summed E-state index contributed by atoms with van der Waals surface area (Å²) in [6, 6.07) is 8.33. The van der Waals surface area contributed by atoms with Gasteiger partial charge in [-0.05, 0) is 62.4 Å². The van der Waals surface area contributed by atoms with Crippen molar-refractivity contribution in [2.75, 3.05) is 17.2 Å². The first-order valence-corrected chi connectivity index (χ1v) is 9.38. The number of ether oxygens (including phenoxy) is 1. The Morgan fingerprint density at radius 3 is 2.56 bits per heavy atom. The SMILES string of the molecule is CC(C)(C)OC(=O)N1CC(C)(C)c2cc(CCc3cncc(N)c3)ccc21. The molecule has 0 unspecified atom stereocenters. The Morgan fingerprint density at radius 1 is 1.19 bits per heavy atom. The smallest absolute Gasteiger partial charge is 0.414 e. The Kier molecular flexibility index (Phi) is 4.89. The minimum atomic E-state index is -0.504. The number of anilines is 2. The third kappa shape index (κ3) is 4.41. The standard InChI is InChI=1S/C22H29N3O2/c1-21(2,3)27-20(26)25-14-22(4,5)18-11-15(8-9-19(18)25)6-7-16-10-17(23)13-24-12-16/h8-13H,6-7,14,23H2,1-5H3. The second-order valence-electron chi connectivity index (χ2n) is 8.93. The maximum absolute atomic E-state index is 12.6. The maximum Gasteiger partial charge on any atom is 0.414 e. The van der Waals surface area contributed by atoms with Crippen molar-refractivity contribution in [2.24, 2.45) is 0 Å². The van der Waals surface area contributed by atoms with Gasteiger partial charge in [-0.15, -0.1) is 0 Å². The number of aryl methyl sites for hydroxylation is 2. The van der Waals surface area contributed by atoms with E-state index < -0.39 is 5.60 Å². The van der Waals surface area contributed by atoms with Gasteiger partial charge in [0.2, 0.25) is 0 Å². The topological polar surface area (TPSA) is 68.5 Å². The largest absolute Gasteiger partial charge is 0.443 e. The summed E-state index contributed by atoms with van der Waals surface area (Å²) in [4.78, 5) is 18.5. The van der Waals surface area contributed by atoms with Gasteiger partial charge in [0, 0.05) is 24.4 Å². The van der Waals surface area contributed by atoms with Crippen LogP contribution in [0.3, 0.4) is 0 Å². The highest BCUT2D eigenvalue weighted by Crippen LogP contribution is 2.41. The zero-order valence-electron chi connectivity index (χ0n) is 16.9. The highest BCUT2D eigenvalue weighted by atomic mass is 16.6. The fourth-order valence-corrected chi connectivity index (χ4v) is 3.49. The van der Waals surface area contributed by atoms with E-state index in [0.29, 0.717) is 12.2 Å². The molecule has 0 bridgehead atoms. The van der Waals surface area contributed by atoms with E-state index >= 15 is 0 Å². The summed E-state index contributed by atoms with van der Waals surface area (Å²) in [7, 11) is 0. The number of fused-ring (bicyclic) bond motifs is 1. The molecular formula is C22H29N3O2. The van der Waals surface area contributed by atoms with Crippen LogP contribution in [0.2, 0.25) is 0 Å². The van der Waals surface area contributed by atoms with E-state index in [1.54, 1.807) is 11.1 Å². The fraction of sp³-hybridized carbons (Fsp3) is 0.455. The van der Waals surface area contributed by atoms with E-state index in [0.717, 1.165) is 24.1 Å². The average Bonchev–Trinajstić information content (AvgIpc) is 2.83. The Hall–Kier alpha value is -2.56. The molecule has 2 N–H and O–H groups in total. The molecule has 27 heavy (non-hydrogen) atoms. The van der Waals surface area contributed by atoms with Crippen molar-refractivity contribution in [1.82, 2.24) is 4.98 Å². The maximum atomic E-state index is 12.6. The molecule has 0 saturated carbocycles. The van der Waals surface area contributed by atoms with Crippen LogP contribution in [-0.4, -0.2) is 23.2 Å². The minimum absolute atomic E-state index is 0.110. The molecule has 3 rings (SSSR count). The monoisotopic (exact) mass is 367 g/mol. The zero-order valence-corrected chi connectivity index (χ0v) is 16.9. The Balaban J connectivity index is 1.80. The lowest BCUT2D eigenvalue weighted by Crippen LogP contribution is -2.38. The lowest BCUT2D eigenvalue weighted by molar-refractivity contribution is 0.0579. The summed E-state index contributed by atoms with van der Waals surface area (Å²) in [5.74, 6) is 0. The molecule has 0 aliphatic carbocycles. The number of nitrogens with two attached hydrogens (primary N) is 1. The van der Waals surface area contributed by atoms with Gasteiger partial charge in [-0.3, -0.25) is 9.88 Å². The normalized spacial score (nSPS) is 15.5. The van der Waals surface area contributed by atoms with Gasteiger partial charge < -0.3 is 10.5 Å². The molecule has 0 fully saturated rings. The molecular weight excluding hydrogens is 338 g/mol. The first-order valence-electron chi connectivity index (χ1n) is 9.38. The van der Waals surface area contributed by atoms with Crippen LogP contribution in [0.1, 0.15) is 51.3 Å². The molecule has 1 aliphatic heterocycles. The van der Waals surface area contributed by atoms with Gasteiger partial charge in [-0.1, -0.05) is 26.0 Å².